The van der Waals surface area contributed by atoms with E-state index in [4.69, 9.17) is 4.74 Å². The van der Waals surface area contributed by atoms with Crippen molar-refractivity contribution in [3.8, 4) is 17.2 Å². The Kier molecular flexibility index (Phi) is 6.21. The summed E-state index contributed by atoms with van der Waals surface area (Å²) in [5, 5.41) is 16.1. The number of rotatable bonds is 6. The highest BCUT2D eigenvalue weighted by atomic mass is 16.5. The molecule has 30 heavy (non-hydrogen) atoms. The lowest BCUT2D eigenvalue weighted by Crippen LogP contribution is -2.28. The van der Waals surface area contributed by atoms with E-state index >= 15 is 0 Å². The van der Waals surface area contributed by atoms with Crippen molar-refractivity contribution < 1.29 is 14.6 Å². The van der Waals surface area contributed by atoms with Crippen molar-refractivity contribution >= 4 is 17.9 Å². The summed E-state index contributed by atoms with van der Waals surface area (Å²) in [6, 6.07) is 13.2. The lowest BCUT2D eigenvalue weighted by Gasteiger charge is -2.07. The van der Waals surface area contributed by atoms with Crippen molar-refractivity contribution in [2.75, 3.05) is 11.9 Å². The zero-order chi connectivity index (χ0) is 21.7. The Hall–Kier alpha value is -4.01. The van der Waals surface area contributed by atoms with Crippen LogP contribution in [-0.4, -0.2) is 33.3 Å². The standard InChI is InChI=1S/C21H23N5O4/c1-4-30-18-12-15(10-11-17(18)27)13-22-24-21(29)23-19-14(2)25(3)26(20(19)28)16-8-6-5-7-9-16/h5-13,27H,4H2,1-3H3,(H2,23,24,29)/b22-13-. The van der Waals surface area contributed by atoms with Gasteiger partial charge in [0.05, 0.1) is 24.2 Å². The molecule has 2 aromatic carbocycles. The molecule has 0 aliphatic rings. The van der Waals surface area contributed by atoms with Crippen molar-refractivity contribution in [2.45, 2.75) is 13.8 Å². The van der Waals surface area contributed by atoms with Crippen LogP contribution >= 0.6 is 0 Å². The maximum Gasteiger partial charge on any atom is 0.339 e. The van der Waals surface area contributed by atoms with E-state index in [0.29, 0.717) is 29.3 Å². The molecule has 3 N–H and O–H groups in total. The van der Waals surface area contributed by atoms with E-state index in [1.165, 1.54) is 17.0 Å². The number of hydrogen-bond donors (Lipinski definition) is 3. The molecular weight excluding hydrogens is 386 g/mol. The van der Waals surface area contributed by atoms with Gasteiger partial charge < -0.3 is 15.2 Å². The minimum atomic E-state index is -0.652. The summed E-state index contributed by atoms with van der Waals surface area (Å²) in [5.74, 6) is 0.348. The van der Waals surface area contributed by atoms with Crippen LogP contribution in [0.4, 0.5) is 10.5 Å². The molecule has 9 nitrogen and oxygen atoms in total. The van der Waals surface area contributed by atoms with Crippen molar-refractivity contribution in [3.63, 3.8) is 0 Å². The van der Waals surface area contributed by atoms with Crippen LogP contribution in [0.25, 0.3) is 5.69 Å². The molecule has 0 aliphatic carbocycles. The molecule has 0 fully saturated rings. The van der Waals surface area contributed by atoms with Crippen LogP contribution in [0.1, 0.15) is 18.2 Å². The molecular formula is C21H23N5O4. The molecule has 156 valence electrons. The van der Waals surface area contributed by atoms with Gasteiger partial charge in [-0.3, -0.25) is 9.48 Å². The third kappa shape index (κ3) is 4.35. The third-order valence-corrected chi connectivity index (χ3v) is 4.46. The van der Waals surface area contributed by atoms with E-state index in [-0.39, 0.29) is 17.0 Å². The van der Waals surface area contributed by atoms with Crippen LogP contribution in [0.15, 0.2) is 58.4 Å². The summed E-state index contributed by atoms with van der Waals surface area (Å²) in [7, 11) is 1.74. The predicted octanol–water partition coefficient (Wildman–Crippen LogP) is 2.74. The molecule has 0 saturated heterocycles. The molecule has 0 saturated carbocycles. The van der Waals surface area contributed by atoms with Gasteiger partial charge in [0.1, 0.15) is 5.69 Å². The molecule has 2 amide bonds. The molecule has 3 aromatic rings. The summed E-state index contributed by atoms with van der Waals surface area (Å²) in [5.41, 5.74) is 4.06. The zero-order valence-electron chi connectivity index (χ0n) is 16.9. The number of para-hydroxylation sites is 1. The molecule has 9 heteroatoms. The number of hydrogen-bond acceptors (Lipinski definition) is 5. The van der Waals surface area contributed by atoms with Gasteiger partial charge >= 0.3 is 6.03 Å². The third-order valence-electron chi connectivity index (χ3n) is 4.46. The van der Waals surface area contributed by atoms with Gasteiger partial charge in [0.2, 0.25) is 0 Å². The van der Waals surface area contributed by atoms with E-state index in [0.717, 1.165) is 0 Å². The molecule has 0 atom stereocenters. The average Bonchev–Trinajstić information content (AvgIpc) is 2.94. The number of amides is 2. The molecule has 0 aliphatic heterocycles. The van der Waals surface area contributed by atoms with Gasteiger partial charge in [-0.2, -0.15) is 5.10 Å². The summed E-state index contributed by atoms with van der Waals surface area (Å²) >= 11 is 0. The number of ether oxygens (including phenoxy) is 1. The topological polar surface area (TPSA) is 110 Å². The van der Waals surface area contributed by atoms with E-state index < -0.39 is 6.03 Å². The fourth-order valence-electron chi connectivity index (χ4n) is 2.90. The normalized spacial score (nSPS) is 10.9. The van der Waals surface area contributed by atoms with Crippen LogP contribution in [0.2, 0.25) is 0 Å². The fourth-order valence-corrected chi connectivity index (χ4v) is 2.90. The van der Waals surface area contributed by atoms with Crippen molar-refractivity contribution in [1.82, 2.24) is 14.8 Å². The minimum Gasteiger partial charge on any atom is -0.504 e. The van der Waals surface area contributed by atoms with Crippen LogP contribution < -0.4 is 21.0 Å². The Balaban J connectivity index is 1.72. The van der Waals surface area contributed by atoms with E-state index in [1.54, 1.807) is 30.8 Å². The average molecular weight is 409 g/mol. The quantitative estimate of drug-likeness (QED) is 0.429. The fraction of sp³-hybridized carbons (Fsp3) is 0.190. The number of anilines is 1. The van der Waals surface area contributed by atoms with Gasteiger partial charge in [0, 0.05) is 7.05 Å². The van der Waals surface area contributed by atoms with Crippen LogP contribution in [0, 0.1) is 6.92 Å². The van der Waals surface area contributed by atoms with Gasteiger partial charge in [-0.25, -0.2) is 14.9 Å². The second-order valence-corrected chi connectivity index (χ2v) is 6.42. The molecule has 3 rings (SSSR count). The zero-order valence-corrected chi connectivity index (χ0v) is 16.9. The monoisotopic (exact) mass is 409 g/mol. The van der Waals surface area contributed by atoms with Gasteiger partial charge in [-0.1, -0.05) is 18.2 Å². The summed E-state index contributed by atoms with van der Waals surface area (Å²) in [4.78, 5) is 25.0. The number of nitrogens with zero attached hydrogens (tertiary/aromatic N) is 3. The molecule has 0 spiro atoms. The largest absolute Gasteiger partial charge is 0.504 e. The lowest BCUT2D eigenvalue weighted by atomic mass is 10.2. The number of phenolic OH excluding ortho intramolecular Hbond substituents is 1. The highest BCUT2D eigenvalue weighted by Crippen LogP contribution is 2.26. The number of aromatic nitrogens is 2. The number of nitrogens with one attached hydrogen (secondary N) is 2. The Bertz CT molecular complexity index is 1130. The predicted molar refractivity (Wildman–Crippen MR) is 115 cm³/mol. The number of carbonyl (C=O) groups excluding carboxylic acids is 1. The first-order chi connectivity index (χ1) is 14.4. The Morgan fingerprint density at radius 1 is 1.23 bits per heavy atom. The smallest absolute Gasteiger partial charge is 0.339 e. The van der Waals surface area contributed by atoms with E-state index in [1.807, 2.05) is 37.3 Å². The van der Waals surface area contributed by atoms with Gasteiger partial charge in [0.25, 0.3) is 5.56 Å². The highest BCUT2D eigenvalue weighted by molar-refractivity contribution is 5.91. The molecule has 0 bridgehead atoms. The number of benzene rings is 2. The maximum absolute atomic E-state index is 12.8. The van der Waals surface area contributed by atoms with E-state index in [9.17, 15) is 14.7 Å². The van der Waals surface area contributed by atoms with Gasteiger partial charge in [-0.05, 0) is 49.7 Å². The van der Waals surface area contributed by atoms with Crippen LogP contribution in [-0.2, 0) is 7.05 Å². The number of urea groups is 1. The Morgan fingerprint density at radius 3 is 2.67 bits per heavy atom. The summed E-state index contributed by atoms with van der Waals surface area (Å²) < 4.78 is 8.45. The first-order valence-electron chi connectivity index (χ1n) is 9.32. The minimum absolute atomic E-state index is 0.0222. The van der Waals surface area contributed by atoms with Gasteiger partial charge in [-0.15, -0.1) is 0 Å². The number of aromatic hydroxyl groups is 1. The summed E-state index contributed by atoms with van der Waals surface area (Å²) in [6.45, 7) is 3.96. The van der Waals surface area contributed by atoms with Gasteiger partial charge in [0.15, 0.2) is 11.5 Å². The maximum atomic E-state index is 12.8. The first kappa shape index (κ1) is 20.7. The van der Waals surface area contributed by atoms with Crippen molar-refractivity contribution in [1.29, 1.82) is 0 Å². The SMILES string of the molecule is CCOc1cc(/C=N\NC(=O)Nc2c(C)n(C)n(-c3ccccc3)c2=O)ccc1O. The summed E-state index contributed by atoms with van der Waals surface area (Å²) in [6.07, 6.45) is 1.40. The number of hydrazone groups is 1. The lowest BCUT2D eigenvalue weighted by molar-refractivity contribution is 0.252. The molecule has 0 unspecified atom stereocenters. The molecule has 1 aromatic heterocycles. The molecule has 0 radical (unpaired) electrons. The highest BCUT2D eigenvalue weighted by Gasteiger charge is 2.17. The Morgan fingerprint density at radius 2 is 1.97 bits per heavy atom. The Labute approximate surface area is 173 Å². The second kappa shape index (κ2) is 8.99. The van der Waals surface area contributed by atoms with Crippen LogP contribution in [0.3, 0.4) is 0 Å². The number of carbonyl (C=O) groups is 1. The van der Waals surface area contributed by atoms with Crippen molar-refractivity contribution in [2.24, 2.45) is 12.1 Å². The van der Waals surface area contributed by atoms with Crippen molar-refractivity contribution in [3.05, 3.63) is 70.1 Å². The first-order valence-corrected chi connectivity index (χ1v) is 9.32. The number of phenols is 1. The van der Waals surface area contributed by atoms with Crippen LogP contribution in [0.5, 0.6) is 11.5 Å². The van der Waals surface area contributed by atoms with E-state index in [2.05, 4.69) is 15.8 Å². The second-order valence-electron chi connectivity index (χ2n) is 6.42. The molecule has 1 heterocycles.